The number of benzene rings is 2. The van der Waals surface area contributed by atoms with Crippen molar-refractivity contribution in [2.45, 2.75) is 45.9 Å². The molecule has 3 rings (SSSR count). The van der Waals surface area contributed by atoms with Crippen LogP contribution in [0.15, 0.2) is 60.8 Å². The second kappa shape index (κ2) is 13.9. The molecule has 40 heavy (non-hydrogen) atoms. The number of hydrogen-bond acceptors (Lipinski definition) is 9. The van der Waals surface area contributed by atoms with Gasteiger partial charge in [0.2, 0.25) is 6.79 Å². The number of carbonyl (C=O) groups is 3. The van der Waals surface area contributed by atoms with Crippen molar-refractivity contribution in [3.8, 4) is 17.2 Å². The second-order valence-electron chi connectivity index (χ2n) is 8.83. The van der Waals surface area contributed by atoms with E-state index < -0.39 is 48.7 Å². The van der Waals surface area contributed by atoms with Crippen molar-refractivity contribution >= 4 is 17.8 Å². The SMILES string of the molecule is COc1ccnc(C(=O)N[C@@H](C)C(=O)O[C@@H](C)[C@H](Oc2ccc(F)cc2)c2ccc(C)cc2)c1OCOC(C)=O. The summed E-state index contributed by atoms with van der Waals surface area (Å²) in [4.78, 5) is 41.1. The predicted molar refractivity (Wildman–Crippen MR) is 141 cm³/mol. The van der Waals surface area contributed by atoms with Gasteiger partial charge in [0.05, 0.1) is 7.11 Å². The highest BCUT2D eigenvalue weighted by atomic mass is 19.1. The molecule has 3 aromatic rings. The fraction of sp³-hybridized carbons (Fsp3) is 0.310. The molecule has 0 fully saturated rings. The van der Waals surface area contributed by atoms with Gasteiger partial charge in [0, 0.05) is 19.2 Å². The largest absolute Gasteiger partial charge is 0.493 e. The van der Waals surface area contributed by atoms with Gasteiger partial charge in [0.1, 0.15) is 23.7 Å². The number of esters is 2. The zero-order valence-corrected chi connectivity index (χ0v) is 22.8. The molecule has 0 saturated carbocycles. The summed E-state index contributed by atoms with van der Waals surface area (Å²) in [5, 5.41) is 2.53. The first kappa shape index (κ1) is 29.9. The van der Waals surface area contributed by atoms with Crippen LogP contribution in [0.4, 0.5) is 4.39 Å². The lowest BCUT2D eigenvalue weighted by Gasteiger charge is -2.27. The molecule has 3 atom stereocenters. The lowest BCUT2D eigenvalue weighted by molar-refractivity contribution is -0.155. The molecule has 1 heterocycles. The molecule has 1 aromatic heterocycles. The quantitative estimate of drug-likeness (QED) is 0.258. The Morgan fingerprint density at radius 3 is 2.30 bits per heavy atom. The van der Waals surface area contributed by atoms with Gasteiger partial charge in [-0.2, -0.15) is 0 Å². The van der Waals surface area contributed by atoms with Gasteiger partial charge < -0.3 is 29.0 Å². The Hall–Kier alpha value is -4.67. The summed E-state index contributed by atoms with van der Waals surface area (Å²) in [5.41, 5.74) is 1.59. The number of halogens is 1. The third kappa shape index (κ3) is 8.16. The van der Waals surface area contributed by atoms with Crippen LogP contribution in [0, 0.1) is 12.7 Å². The molecule has 11 heteroatoms. The normalized spacial score (nSPS) is 12.8. The first-order chi connectivity index (χ1) is 19.1. The van der Waals surface area contributed by atoms with Crippen molar-refractivity contribution in [1.82, 2.24) is 10.3 Å². The van der Waals surface area contributed by atoms with Gasteiger partial charge in [-0.25, -0.2) is 14.2 Å². The highest BCUT2D eigenvalue weighted by molar-refractivity contribution is 5.98. The maximum absolute atomic E-state index is 13.4. The molecule has 0 spiro atoms. The van der Waals surface area contributed by atoms with E-state index in [4.69, 9.17) is 23.7 Å². The van der Waals surface area contributed by atoms with E-state index >= 15 is 0 Å². The van der Waals surface area contributed by atoms with Crippen molar-refractivity contribution in [1.29, 1.82) is 0 Å². The average Bonchev–Trinajstić information content (AvgIpc) is 2.93. The number of ether oxygens (including phenoxy) is 5. The van der Waals surface area contributed by atoms with E-state index in [1.54, 1.807) is 6.92 Å². The van der Waals surface area contributed by atoms with E-state index in [9.17, 15) is 18.8 Å². The van der Waals surface area contributed by atoms with E-state index in [2.05, 4.69) is 10.3 Å². The van der Waals surface area contributed by atoms with Gasteiger partial charge in [-0.05, 0) is 50.6 Å². The number of pyridine rings is 1. The molecule has 0 unspecified atom stereocenters. The van der Waals surface area contributed by atoms with Crippen LogP contribution in [0.5, 0.6) is 17.2 Å². The van der Waals surface area contributed by atoms with Crippen LogP contribution < -0.4 is 19.5 Å². The van der Waals surface area contributed by atoms with Crippen molar-refractivity contribution < 1.29 is 42.5 Å². The van der Waals surface area contributed by atoms with Gasteiger partial charge in [0.25, 0.3) is 5.91 Å². The molecule has 2 aromatic carbocycles. The highest BCUT2D eigenvalue weighted by Gasteiger charge is 2.29. The molecule has 0 bridgehead atoms. The van der Waals surface area contributed by atoms with Gasteiger partial charge in [-0.15, -0.1) is 0 Å². The van der Waals surface area contributed by atoms with Gasteiger partial charge in [-0.3, -0.25) is 9.59 Å². The number of carbonyl (C=O) groups excluding carboxylic acids is 3. The molecule has 0 aliphatic carbocycles. The predicted octanol–water partition coefficient (Wildman–Crippen LogP) is 4.31. The summed E-state index contributed by atoms with van der Waals surface area (Å²) < 4.78 is 40.5. The Morgan fingerprint density at radius 2 is 1.68 bits per heavy atom. The molecule has 0 aliphatic rings. The monoisotopic (exact) mass is 554 g/mol. The third-order valence-corrected chi connectivity index (χ3v) is 5.68. The minimum Gasteiger partial charge on any atom is -0.493 e. The van der Waals surface area contributed by atoms with Crippen molar-refractivity contribution in [3.05, 3.63) is 83.4 Å². The minimum absolute atomic E-state index is 0.0650. The van der Waals surface area contributed by atoms with Gasteiger partial charge in [-0.1, -0.05) is 29.8 Å². The summed E-state index contributed by atoms with van der Waals surface area (Å²) >= 11 is 0. The number of rotatable bonds is 12. The Morgan fingerprint density at radius 1 is 1.00 bits per heavy atom. The molecule has 0 radical (unpaired) electrons. The van der Waals surface area contributed by atoms with Crippen LogP contribution in [0.25, 0.3) is 0 Å². The Labute approximate surface area is 231 Å². The first-order valence-corrected chi connectivity index (χ1v) is 12.4. The Bertz CT molecular complexity index is 1310. The number of nitrogens with one attached hydrogen (secondary N) is 1. The zero-order valence-electron chi connectivity index (χ0n) is 22.8. The van der Waals surface area contributed by atoms with Gasteiger partial charge in [0.15, 0.2) is 23.3 Å². The molecular weight excluding hydrogens is 523 g/mol. The molecule has 0 saturated heterocycles. The summed E-state index contributed by atoms with van der Waals surface area (Å²) in [6.07, 6.45) is -0.187. The van der Waals surface area contributed by atoms with Crippen molar-refractivity contribution in [3.63, 3.8) is 0 Å². The smallest absolute Gasteiger partial charge is 0.328 e. The topological polar surface area (TPSA) is 122 Å². The lowest BCUT2D eigenvalue weighted by atomic mass is 10.0. The lowest BCUT2D eigenvalue weighted by Crippen LogP contribution is -2.42. The van der Waals surface area contributed by atoms with Crippen LogP contribution in [-0.2, 0) is 19.1 Å². The summed E-state index contributed by atoms with van der Waals surface area (Å²) in [6.45, 7) is 5.79. The fourth-order valence-corrected chi connectivity index (χ4v) is 3.59. The number of amides is 1. The van der Waals surface area contributed by atoms with E-state index in [0.717, 1.165) is 11.1 Å². The van der Waals surface area contributed by atoms with Crippen LogP contribution in [0.1, 0.15) is 48.5 Å². The van der Waals surface area contributed by atoms with E-state index in [-0.39, 0.29) is 17.2 Å². The summed E-state index contributed by atoms with van der Waals surface area (Å²) in [5.74, 6) is -1.96. The molecule has 0 aliphatic heterocycles. The number of methoxy groups -OCH3 is 1. The van der Waals surface area contributed by atoms with Gasteiger partial charge >= 0.3 is 11.9 Å². The standard InChI is InChI=1S/C29H31FN2O8/c1-17-6-8-21(9-7-17)26(40-23-12-10-22(30)11-13-23)19(3)39-29(35)18(2)32-28(34)25-27(38-16-37-20(4)33)24(36-5)14-15-31-25/h6-15,18-19,26H,16H2,1-5H3,(H,32,34)/t18-,19-,26-/m0/s1. The minimum atomic E-state index is -1.09. The molecular formula is C29H31FN2O8. The van der Waals surface area contributed by atoms with Crippen molar-refractivity contribution in [2.75, 3.05) is 13.9 Å². The Kier molecular flexibility index (Phi) is 10.4. The fourth-order valence-electron chi connectivity index (χ4n) is 3.59. The average molecular weight is 555 g/mol. The van der Waals surface area contributed by atoms with Crippen molar-refractivity contribution in [2.24, 2.45) is 0 Å². The number of nitrogens with zero attached hydrogens (tertiary/aromatic N) is 1. The zero-order chi connectivity index (χ0) is 29.2. The molecule has 212 valence electrons. The summed E-state index contributed by atoms with van der Waals surface area (Å²) in [7, 11) is 1.37. The molecule has 1 amide bonds. The Balaban J connectivity index is 1.73. The molecule has 10 nitrogen and oxygen atoms in total. The van der Waals surface area contributed by atoms with Crippen LogP contribution in [0.3, 0.4) is 0 Å². The van der Waals surface area contributed by atoms with Crippen LogP contribution in [-0.4, -0.2) is 48.9 Å². The molecule has 1 N–H and O–H groups in total. The number of hydrogen-bond donors (Lipinski definition) is 1. The first-order valence-electron chi connectivity index (χ1n) is 12.4. The maximum Gasteiger partial charge on any atom is 0.328 e. The highest BCUT2D eigenvalue weighted by Crippen LogP contribution is 2.30. The van der Waals surface area contributed by atoms with Crippen LogP contribution in [0.2, 0.25) is 0 Å². The number of aromatic nitrogens is 1. The number of aryl methyl sites for hydroxylation is 1. The van der Waals surface area contributed by atoms with E-state index in [1.807, 2.05) is 31.2 Å². The maximum atomic E-state index is 13.4. The van der Waals surface area contributed by atoms with Crippen LogP contribution >= 0.6 is 0 Å². The van der Waals surface area contributed by atoms with E-state index in [0.29, 0.717) is 5.75 Å². The third-order valence-electron chi connectivity index (χ3n) is 5.68. The summed E-state index contributed by atoms with van der Waals surface area (Å²) in [6, 6.07) is 13.4. The van der Waals surface area contributed by atoms with E-state index in [1.165, 1.54) is 57.5 Å². The second-order valence-corrected chi connectivity index (χ2v) is 8.83.